The Balaban J connectivity index is 1.68. The van der Waals surface area contributed by atoms with E-state index in [1.807, 2.05) is 0 Å². The van der Waals surface area contributed by atoms with Crippen molar-refractivity contribution in [2.45, 2.75) is 6.54 Å². The van der Waals surface area contributed by atoms with Crippen molar-refractivity contribution in [3.8, 4) is 0 Å². The lowest BCUT2D eigenvalue weighted by molar-refractivity contribution is 0.0954. The molecule has 0 atom stereocenters. The summed E-state index contributed by atoms with van der Waals surface area (Å²) in [6.07, 6.45) is 2.91. The SMILES string of the molecule is O=C(NCc1cnncc1NC(=O)c1ccc(Cl)s1)c1ccc(Cl)s1. The first kappa shape index (κ1) is 17.8. The summed E-state index contributed by atoms with van der Waals surface area (Å²) in [4.78, 5) is 25.3. The van der Waals surface area contributed by atoms with Gasteiger partial charge in [0.25, 0.3) is 11.8 Å². The second kappa shape index (κ2) is 7.92. The first-order chi connectivity index (χ1) is 12.0. The van der Waals surface area contributed by atoms with Crippen molar-refractivity contribution in [1.82, 2.24) is 15.5 Å². The van der Waals surface area contributed by atoms with Gasteiger partial charge in [0.1, 0.15) is 0 Å². The number of nitrogens with zero attached hydrogens (tertiary/aromatic N) is 2. The Labute approximate surface area is 160 Å². The molecule has 0 fully saturated rings. The fraction of sp³-hybridized carbons (Fsp3) is 0.0667. The van der Waals surface area contributed by atoms with Crippen molar-refractivity contribution in [3.63, 3.8) is 0 Å². The van der Waals surface area contributed by atoms with Crippen molar-refractivity contribution < 1.29 is 9.59 Å². The van der Waals surface area contributed by atoms with Crippen LogP contribution in [0.3, 0.4) is 0 Å². The van der Waals surface area contributed by atoms with Crippen LogP contribution < -0.4 is 10.6 Å². The molecular weight excluding hydrogens is 403 g/mol. The standard InChI is InChI=1S/C15H10Cl2N4O2S2/c16-12-3-1-10(24-12)14(22)18-5-8-6-19-20-7-9(8)21-15(23)11-2-4-13(17)25-11/h1-4,6-7H,5H2,(H,18,22)(H,19,21,23). The van der Waals surface area contributed by atoms with Crippen LogP contribution in [0.25, 0.3) is 0 Å². The predicted octanol–water partition coefficient (Wildman–Crippen LogP) is 4.09. The van der Waals surface area contributed by atoms with E-state index in [4.69, 9.17) is 23.2 Å². The fourth-order valence-electron chi connectivity index (χ4n) is 1.92. The summed E-state index contributed by atoms with van der Waals surface area (Å²) in [6.45, 7) is 0.185. The monoisotopic (exact) mass is 412 g/mol. The van der Waals surface area contributed by atoms with Gasteiger partial charge in [-0.25, -0.2) is 0 Å². The minimum atomic E-state index is -0.303. The summed E-state index contributed by atoms with van der Waals surface area (Å²) in [5, 5.41) is 13.1. The second-order valence-corrected chi connectivity index (χ2v) is 8.20. The van der Waals surface area contributed by atoms with E-state index < -0.39 is 0 Å². The van der Waals surface area contributed by atoms with Gasteiger partial charge >= 0.3 is 0 Å². The van der Waals surface area contributed by atoms with Crippen LogP contribution in [0.15, 0.2) is 36.7 Å². The van der Waals surface area contributed by atoms with E-state index in [2.05, 4.69) is 20.8 Å². The highest BCUT2D eigenvalue weighted by atomic mass is 35.5. The molecule has 6 nitrogen and oxygen atoms in total. The predicted molar refractivity (Wildman–Crippen MR) is 99.8 cm³/mol. The minimum Gasteiger partial charge on any atom is -0.347 e. The third kappa shape index (κ3) is 4.55. The molecule has 2 N–H and O–H groups in total. The zero-order valence-electron chi connectivity index (χ0n) is 12.5. The van der Waals surface area contributed by atoms with Crippen molar-refractivity contribution in [1.29, 1.82) is 0 Å². The zero-order chi connectivity index (χ0) is 17.8. The Morgan fingerprint density at radius 3 is 2.12 bits per heavy atom. The van der Waals surface area contributed by atoms with E-state index in [1.54, 1.807) is 24.3 Å². The van der Waals surface area contributed by atoms with E-state index in [1.165, 1.54) is 35.1 Å². The Morgan fingerprint density at radius 2 is 1.52 bits per heavy atom. The van der Waals surface area contributed by atoms with E-state index in [9.17, 15) is 9.59 Å². The van der Waals surface area contributed by atoms with Gasteiger partial charge in [0.15, 0.2) is 0 Å². The molecule has 3 heterocycles. The number of rotatable bonds is 5. The summed E-state index contributed by atoms with van der Waals surface area (Å²) < 4.78 is 1.07. The molecule has 0 saturated carbocycles. The quantitative estimate of drug-likeness (QED) is 0.660. The van der Waals surface area contributed by atoms with Crippen LogP contribution >= 0.6 is 45.9 Å². The van der Waals surface area contributed by atoms with Gasteiger partial charge in [-0.1, -0.05) is 23.2 Å². The smallest absolute Gasteiger partial charge is 0.265 e. The lowest BCUT2D eigenvalue weighted by atomic mass is 10.2. The van der Waals surface area contributed by atoms with Crippen LogP contribution in [0.5, 0.6) is 0 Å². The highest BCUT2D eigenvalue weighted by Crippen LogP contribution is 2.23. The third-order valence-corrected chi connectivity index (χ3v) is 5.55. The number of carbonyl (C=O) groups is 2. The summed E-state index contributed by atoms with van der Waals surface area (Å²) in [6, 6.07) is 6.60. The molecule has 0 radical (unpaired) electrons. The molecule has 0 spiro atoms. The number of amides is 2. The number of hydrogen-bond donors (Lipinski definition) is 2. The number of aromatic nitrogens is 2. The van der Waals surface area contributed by atoms with Crippen LogP contribution in [0, 0.1) is 0 Å². The van der Waals surface area contributed by atoms with Crippen LogP contribution in [0.1, 0.15) is 24.9 Å². The molecule has 0 saturated heterocycles. The Morgan fingerprint density at radius 1 is 0.920 bits per heavy atom. The van der Waals surface area contributed by atoms with Crippen molar-refractivity contribution in [3.05, 3.63) is 60.6 Å². The average Bonchev–Trinajstić information content (AvgIpc) is 3.22. The lowest BCUT2D eigenvalue weighted by Crippen LogP contribution is -2.23. The molecule has 0 aliphatic carbocycles. The summed E-state index contributed by atoms with van der Waals surface area (Å²) in [5.74, 6) is -0.557. The van der Waals surface area contributed by atoms with Gasteiger partial charge < -0.3 is 10.6 Å². The molecule has 0 aliphatic heterocycles. The molecular formula is C15H10Cl2N4O2S2. The molecule has 10 heteroatoms. The zero-order valence-corrected chi connectivity index (χ0v) is 15.6. The first-order valence-electron chi connectivity index (χ1n) is 6.92. The maximum absolute atomic E-state index is 12.2. The third-order valence-electron chi connectivity index (χ3n) is 3.09. The van der Waals surface area contributed by atoms with Gasteiger partial charge in [-0.2, -0.15) is 10.2 Å². The number of nitrogens with one attached hydrogen (secondary N) is 2. The Hall–Kier alpha value is -2.00. The number of halogens is 2. The highest BCUT2D eigenvalue weighted by Gasteiger charge is 2.13. The Kier molecular flexibility index (Phi) is 5.64. The normalized spacial score (nSPS) is 10.5. The van der Waals surface area contributed by atoms with Crippen molar-refractivity contribution >= 4 is 63.4 Å². The summed E-state index contributed by atoms with van der Waals surface area (Å²) in [7, 11) is 0. The van der Waals surface area contributed by atoms with Crippen LogP contribution in [-0.2, 0) is 6.54 Å². The molecule has 0 aliphatic rings. The molecule has 2 amide bonds. The number of thiophene rings is 2. The number of carbonyl (C=O) groups excluding carboxylic acids is 2. The largest absolute Gasteiger partial charge is 0.347 e. The van der Waals surface area contributed by atoms with E-state index >= 15 is 0 Å². The number of anilines is 1. The van der Waals surface area contributed by atoms with E-state index in [-0.39, 0.29) is 18.4 Å². The highest BCUT2D eigenvalue weighted by molar-refractivity contribution is 7.18. The molecule has 3 aromatic rings. The molecule has 0 aromatic carbocycles. The molecule has 3 aromatic heterocycles. The van der Waals surface area contributed by atoms with Crippen LogP contribution in [0.4, 0.5) is 5.69 Å². The molecule has 3 rings (SSSR count). The van der Waals surface area contributed by atoms with Gasteiger partial charge in [-0.15, -0.1) is 22.7 Å². The molecule has 0 bridgehead atoms. The Bertz CT molecular complexity index is 926. The van der Waals surface area contributed by atoms with Gasteiger partial charge in [0.2, 0.25) is 0 Å². The summed E-state index contributed by atoms with van der Waals surface area (Å²) >= 11 is 14.0. The topological polar surface area (TPSA) is 84.0 Å². The maximum atomic E-state index is 12.2. The van der Waals surface area contributed by atoms with Gasteiger partial charge in [0, 0.05) is 12.1 Å². The van der Waals surface area contributed by atoms with Crippen molar-refractivity contribution in [2.75, 3.05) is 5.32 Å². The average molecular weight is 413 g/mol. The molecule has 0 unspecified atom stereocenters. The second-order valence-electron chi connectivity index (χ2n) is 4.77. The summed E-state index contributed by atoms with van der Waals surface area (Å²) in [5.41, 5.74) is 1.09. The van der Waals surface area contributed by atoms with Gasteiger partial charge in [0.05, 0.1) is 36.5 Å². The van der Waals surface area contributed by atoms with Gasteiger partial charge in [-0.05, 0) is 24.3 Å². The molecule has 25 heavy (non-hydrogen) atoms. The lowest BCUT2D eigenvalue weighted by Gasteiger charge is -2.10. The maximum Gasteiger partial charge on any atom is 0.265 e. The molecule has 128 valence electrons. The first-order valence-corrected chi connectivity index (χ1v) is 9.31. The van der Waals surface area contributed by atoms with Crippen LogP contribution in [-0.4, -0.2) is 22.0 Å². The fourth-order valence-corrected chi connectivity index (χ4v) is 3.82. The minimum absolute atomic E-state index is 0.185. The van der Waals surface area contributed by atoms with E-state index in [0.29, 0.717) is 29.7 Å². The van der Waals surface area contributed by atoms with Crippen LogP contribution in [0.2, 0.25) is 8.67 Å². The number of hydrogen-bond acceptors (Lipinski definition) is 6. The van der Waals surface area contributed by atoms with E-state index in [0.717, 1.165) is 0 Å². The van der Waals surface area contributed by atoms with Gasteiger partial charge in [-0.3, -0.25) is 9.59 Å². The van der Waals surface area contributed by atoms with Crippen molar-refractivity contribution in [2.24, 2.45) is 0 Å².